The van der Waals surface area contributed by atoms with Gasteiger partial charge in [-0.15, -0.1) is 11.3 Å². The molecule has 1 aliphatic carbocycles. The van der Waals surface area contributed by atoms with Crippen LogP contribution in [-0.2, 0) is 9.53 Å². The number of esters is 1. The summed E-state index contributed by atoms with van der Waals surface area (Å²) in [6, 6.07) is 3.37. The van der Waals surface area contributed by atoms with Gasteiger partial charge in [0.05, 0.1) is 12.7 Å². The van der Waals surface area contributed by atoms with Crippen molar-refractivity contribution in [3.8, 4) is 0 Å². The minimum atomic E-state index is -0.574. The monoisotopic (exact) mass is 332 g/mol. The van der Waals surface area contributed by atoms with Crippen molar-refractivity contribution < 1.29 is 14.3 Å². The van der Waals surface area contributed by atoms with Crippen LogP contribution in [0.4, 0.5) is 5.69 Å². The van der Waals surface area contributed by atoms with E-state index < -0.39 is 11.5 Å². The summed E-state index contributed by atoms with van der Waals surface area (Å²) < 4.78 is 4.60. The van der Waals surface area contributed by atoms with Crippen molar-refractivity contribution in [2.24, 2.45) is 5.92 Å². The van der Waals surface area contributed by atoms with Crippen LogP contribution in [0.15, 0.2) is 28.5 Å². The third-order valence-corrected chi connectivity index (χ3v) is 5.10. The summed E-state index contributed by atoms with van der Waals surface area (Å²) in [5.41, 5.74) is 0.992. The van der Waals surface area contributed by atoms with Gasteiger partial charge in [-0.25, -0.2) is 4.79 Å². The van der Waals surface area contributed by atoms with Gasteiger partial charge in [-0.2, -0.15) is 0 Å². The summed E-state index contributed by atoms with van der Waals surface area (Å²) in [6.07, 6.45) is 2.04. The maximum atomic E-state index is 12.3. The number of hydrogen-bond acceptors (Lipinski definition) is 5. The molecule has 0 spiro atoms. The molecule has 3 rings (SSSR count). The normalized spacial score (nSPS) is 19.2. The zero-order valence-corrected chi connectivity index (χ0v) is 13.5. The van der Waals surface area contributed by atoms with E-state index in [0.29, 0.717) is 0 Å². The molecule has 120 valence electrons. The van der Waals surface area contributed by atoms with Gasteiger partial charge in [0.2, 0.25) is 5.91 Å². The highest BCUT2D eigenvalue weighted by Gasteiger charge is 2.45. The highest BCUT2D eigenvalue weighted by molar-refractivity contribution is 7.10. The van der Waals surface area contributed by atoms with Crippen LogP contribution < -0.4 is 10.9 Å². The van der Waals surface area contributed by atoms with Gasteiger partial charge in [-0.05, 0) is 36.4 Å². The van der Waals surface area contributed by atoms with Crippen molar-refractivity contribution in [2.75, 3.05) is 12.4 Å². The maximum absolute atomic E-state index is 12.3. The number of carbonyl (C=O) groups is 2. The van der Waals surface area contributed by atoms with Crippen LogP contribution in [0.5, 0.6) is 0 Å². The van der Waals surface area contributed by atoms with Gasteiger partial charge in [0.15, 0.2) is 0 Å². The first kappa shape index (κ1) is 15.5. The smallest absolute Gasteiger partial charge is 0.339 e. The number of ether oxygens (including phenoxy) is 1. The van der Waals surface area contributed by atoms with E-state index in [1.165, 1.54) is 29.8 Å². The molecule has 2 N–H and O–H groups in total. The zero-order chi connectivity index (χ0) is 16.6. The third kappa shape index (κ3) is 3.05. The molecule has 6 nitrogen and oxygen atoms in total. The van der Waals surface area contributed by atoms with Crippen LogP contribution in [-0.4, -0.2) is 24.0 Å². The topological polar surface area (TPSA) is 88.3 Å². The van der Waals surface area contributed by atoms with Crippen molar-refractivity contribution in [1.29, 1.82) is 0 Å². The molecule has 2 aromatic heterocycles. The van der Waals surface area contributed by atoms with Gasteiger partial charge >= 0.3 is 5.97 Å². The molecule has 0 unspecified atom stereocenters. The first-order valence-corrected chi connectivity index (χ1v) is 8.05. The molecule has 0 aliphatic heterocycles. The molecular weight excluding hydrogens is 316 g/mol. The largest absolute Gasteiger partial charge is 0.465 e. The van der Waals surface area contributed by atoms with Crippen molar-refractivity contribution >= 4 is 28.9 Å². The fraction of sp³-hybridized carbons (Fsp3) is 0.312. The van der Waals surface area contributed by atoms with Crippen LogP contribution in [0.1, 0.15) is 33.1 Å². The average Bonchev–Trinajstić information content (AvgIpc) is 3.23. The number of carbonyl (C=O) groups excluding carboxylic acids is 2. The van der Waals surface area contributed by atoms with E-state index in [0.717, 1.165) is 6.42 Å². The maximum Gasteiger partial charge on any atom is 0.339 e. The summed E-state index contributed by atoms with van der Waals surface area (Å²) in [6.45, 7) is 2.03. The van der Waals surface area contributed by atoms with Crippen LogP contribution in [0.25, 0.3) is 0 Å². The molecule has 0 bridgehead atoms. The van der Waals surface area contributed by atoms with Crippen molar-refractivity contribution in [1.82, 2.24) is 4.98 Å². The molecule has 1 aliphatic rings. The third-order valence-electron chi connectivity index (χ3n) is 3.95. The molecule has 1 fully saturated rings. The first-order chi connectivity index (χ1) is 11.0. The van der Waals surface area contributed by atoms with Crippen molar-refractivity contribution in [3.63, 3.8) is 0 Å². The SMILES string of the molecule is COC(=O)c1c[nH]c(=O)c(NC(=O)[C@H]2C[C@@H]2c2sccc2C)c1. The molecule has 1 saturated carbocycles. The van der Waals surface area contributed by atoms with E-state index in [4.69, 9.17) is 0 Å². The summed E-state index contributed by atoms with van der Waals surface area (Å²) >= 11 is 1.65. The Balaban J connectivity index is 1.73. The number of aromatic nitrogens is 1. The fourth-order valence-electron chi connectivity index (χ4n) is 2.58. The number of rotatable bonds is 4. The van der Waals surface area contributed by atoms with Crippen molar-refractivity contribution in [2.45, 2.75) is 19.3 Å². The number of methoxy groups -OCH3 is 1. The van der Waals surface area contributed by atoms with Gasteiger partial charge in [0.25, 0.3) is 5.56 Å². The van der Waals surface area contributed by atoms with E-state index in [-0.39, 0.29) is 29.0 Å². The van der Waals surface area contributed by atoms with Crippen LogP contribution in [0, 0.1) is 12.8 Å². The molecule has 0 aromatic carbocycles. The second kappa shape index (κ2) is 6.00. The molecule has 7 heteroatoms. The second-order valence-electron chi connectivity index (χ2n) is 5.53. The molecule has 2 aromatic rings. The molecule has 2 atom stereocenters. The summed E-state index contributed by atoms with van der Waals surface area (Å²) in [5.74, 6) is -0.683. The lowest BCUT2D eigenvalue weighted by atomic mass is 10.2. The molecular formula is C16H16N2O4S. The summed E-state index contributed by atoms with van der Waals surface area (Å²) in [4.78, 5) is 39.3. The number of amides is 1. The highest BCUT2D eigenvalue weighted by Crippen LogP contribution is 2.50. The van der Waals surface area contributed by atoms with E-state index in [1.807, 2.05) is 18.4 Å². The molecule has 1 amide bonds. The highest BCUT2D eigenvalue weighted by atomic mass is 32.1. The molecule has 2 heterocycles. The zero-order valence-electron chi connectivity index (χ0n) is 12.7. The number of anilines is 1. The Labute approximate surface area is 136 Å². The first-order valence-electron chi connectivity index (χ1n) is 7.17. The van der Waals surface area contributed by atoms with Crippen LogP contribution in [0.3, 0.4) is 0 Å². The van der Waals surface area contributed by atoms with Gasteiger partial charge < -0.3 is 15.0 Å². The quantitative estimate of drug-likeness (QED) is 0.841. The Kier molecular flexibility index (Phi) is 4.04. The lowest BCUT2D eigenvalue weighted by Crippen LogP contribution is -2.22. The van der Waals surface area contributed by atoms with Crippen molar-refractivity contribution in [3.05, 3.63) is 50.1 Å². The predicted molar refractivity (Wildman–Crippen MR) is 86.9 cm³/mol. The standard InChI is InChI=1S/C16H16N2O4S/c1-8-3-4-23-13(8)10-6-11(10)14(19)18-12-5-9(16(21)22-2)7-17-15(12)20/h3-5,7,10-11H,6H2,1-2H3,(H,17,20)(H,18,19)/t10-,11-/m0/s1. The molecule has 0 saturated heterocycles. The Morgan fingerprint density at radius 3 is 2.87 bits per heavy atom. The summed E-state index contributed by atoms with van der Waals surface area (Å²) in [7, 11) is 1.25. The number of aromatic amines is 1. The lowest BCUT2D eigenvalue weighted by molar-refractivity contribution is -0.117. The summed E-state index contributed by atoms with van der Waals surface area (Å²) in [5, 5.41) is 4.63. The molecule has 23 heavy (non-hydrogen) atoms. The van der Waals surface area contributed by atoms with Gasteiger partial charge in [-0.3, -0.25) is 9.59 Å². The Morgan fingerprint density at radius 2 is 2.22 bits per heavy atom. The number of thiophene rings is 1. The van der Waals surface area contributed by atoms with Crippen LogP contribution >= 0.6 is 11.3 Å². The van der Waals surface area contributed by atoms with Gasteiger partial charge in [-0.1, -0.05) is 0 Å². The number of nitrogens with one attached hydrogen (secondary N) is 2. The minimum Gasteiger partial charge on any atom is -0.465 e. The van der Waals surface area contributed by atoms with Gasteiger partial charge in [0, 0.05) is 22.9 Å². The Morgan fingerprint density at radius 1 is 1.43 bits per heavy atom. The average molecular weight is 332 g/mol. The van der Waals surface area contributed by atoms with E-state index in [9.17, 15) is 14.4 Å². The lowest BCUT2D eigenvalue weighted by Gasteiger charge is -2.06. The van der Waals surface area contributed by atoms with Gasteiger partial charge in [0.1, 0.15) is 5.69 Å². The Bertz CT molecular complexity index is 823. The van der Waals surface area contributed by atoms with Crippen LogP contribution in [0.2, 0.25) is 0 Å². The number of hydrogen-bond donors (Lipinski definition) is 2. The minimum absolute atomic E-state index is 0.0615. The predicted octanol–water partition coefficient (Wildman–Crippen LogP) is 2.27. The number of H-pyrrole nitrogens is 1. The number of pyridine rings is 1. The Hall–Kier alpha value is -2.41. The van der Waals surface area contributed by atoms with E-state index in [2.05, 4.69) is 15.0 Å². The van der Waals surface area contributed by atoms with E-state index in [1.54, 1.807) is 11.3 Å². The fourth-order valence-corrected chi connectivity index (χ4v) is 3.68. The number of aryl methyl sites for hydroxylation is 1. The second-order valence-corrected chi connectivity index (χ2v) is 6.48. The molecule has 0 radical (unpaired) electrons. The van der Waals surface area contributed by atoms with E-state index >= 15 is 0 Å².